The molecule has 1 atom stereocenters. The average Bonchev–Trinajstić information content (AvgIpc) is 3.21. The van der Waals surface area contributed by atoms with E-state index in [9.17, 15) is 14.4 Å². The number of fused-ring (bicyclic) bond motifs is 1. The smallest absolute Gasteiger partial charge is 0.254 e. The van der Waals surface area contributed by atoms with Gasteiger partial charge in [0.1, 0.15) is 0 Å². The predicted octanol–water partition coefficient (Wildman–Crippen LogP) is 3.93. The molecule has 0 radical (unpaired) electrons. The van der Waals surface area contributed by atoms with E-state index in [0.29, 0.717) is 29.3 Å². The van der Waals surface area contributed by atoms with Crippen LogP contribution in [-0.4, -0.2) is 34.7 Å². The van der Waals surface area contributed by atoms with Crippen molar-refractivity contribution in [2.24, 2.45) is 11.7 Å². The minimum atomic E-state index is -0.508. The van der Waals surface area contributed by atoms with Crippen LogP contribution in [0.3, 0.4) is 0 Å². The molecule has 0 saturated heterocycles. The summed E-state index contributed by atoms with van der Waals surface area (Å²) in [5.74, 6) is -0.745. The lowest BCUT2D eigenvalue weighted by Gasteiger charge is -2.50. The third-order valence-corrected chi connectivity index (χ3v) is 6.54. The highest BCUT2D eigenvalue weighted by atomic mass is 16.2. The number of hydrogen-bond acceptors (Lipinski definition) is 3. The third kappa shape index (κ3) is 3.71. The first-order valence-electron chi connectivity index (χ1n) is 10.9. The van der Waals surface area contributed by atoms with Crippen molar-refractivity contribution in [2.75, 3.05) is 11.9 Å². The molecule has 0 bridgehead atoms. The van der Waals surface area contributed by atoms with Crippen molar-refractivity contribution in [3.63, 3.8) is 0 Å². The van der Waals surface area contributed by atoms with Crippen molar-refractivity contribution in [1.82, 2.24) is 4.90 Å². The fourth-order valence-electron chi connectivity index (χ4n) is 5.23. The molecule has 0 aromatic heterocycles. The summed E-state index contributed by atoms with van der Waals surface area (Å²) in [5.41, 5.74) is 7.23. The van der Waals surface area contributed by atoms with E-state index in [1.165, 1.54) is 0 Å². The number of primary amides is 1. The van der Waals surface area contributed by atoms with Crippen LogP contribution in [0.25, 0.3) is 0 Å². The van der Waals surface area contributed by atoms with E-state index >= 15 is 0 Å². The number of nitrogens with two attached hydrogens (primary N) is 1. The number of carbonyl (C=O) groups excluding carboxylic acids is 3. The van der Waals surface area contributed by atoms with Crippen LogP contribution in [0.15, 0.2) is 48.5 Å². The summed E-state index contributed by atoms with van der Waals surface area (Å²) in [6.45, 7) is 4.84. The minimum Gasteiger partial charge on any atom is -0.366 e. The van der Waals surface area contributed by atoms with E-state index in [4.69, 9.17) is 5.73 Å². The van der Waals surface area contributed by atoms with Crippen LogP contribution >= 0.6 is 0 Å². The molecule has 4 rings (SSSR count). The standard InChI is InChI=1S/C25H29N3O3/c1-16(2)15-28-24(31)20-8-4-3-7-19(20)21(25(28)13-5-6-14-25)23(30)27-18-11-9-17(10-12-18)22(26)29/h3-4,7-12,16,21H,5-6,13-15H2,1-2H3,(H2,26,29)(H,27,30)/t21-/m0/s1. The summed E-state index contributed by atoms with van der Waals surface area (Å²) in [6.07, 6.45) is 3.64. The van der Waals surface area contributed by atoms with Gasteiger partial charge in [-0.3, -0.25) is 14.4 Å². The SMILES string of the molecule is CC(C)CN1C(=O)c2ccccc2[C@@H](C(=O)Nc2ccc(C(N)=O)cc2)C12CCCC2. The van der Waals surface area contributed by atoms with E-state index in [1.54, 1.807) is 24.3 Å². The Morgan fingerprint density at radius 3 is 2.35 bits per heavy atom. The van der Waals surface area contributed by atoms with E-state index in [2.05, 4.69) is 19.2 Å². The molecule has 3 N–H and O–H groups in total. The van der Waals surface area contributed by atoms with Crippen molar-refractivity contribution in [1.29, 1.82) is 0 Å². The molecule has 1 saturated carbocycles. The molecule has 3 amide bonds. The minimum absolute atomic E-state index is 0.0288. The second kappa shape index (κ2) is 8.17. The number of amides is 3. The molecule has 1 fully saturated rings. The first-order valence-corrected chi connectivity index (χ1v) is 10.9. The van der Waals surface area contributed by atoms with Crippen LogP contribution in [0.4, 0.5) is 5.69 Å². The summed E-state index contributed by atoms with van der Waals surface area (Å²) >= 11 is 0. The van der Waals surface area contributed by atoms with Gasteiger partial charge in [-0.05, 0) is 54.7 Å². The Bertz CT molecular complexity index is 1010. The molecule has 6 heteroatoms. The summed E-state index contributed by atoms with van der Waals surface area (Å²) in [4.78, 5) is 40.5. The maximum Gasteiger partial charge on any atom is 0.254 e. The van der Waals surface area contributed by atoms with Crippen molar-refractivity contribution in [3.05, 3.63) is 65.2 Å². The highest BCUT2D eigenvalue weighted by molar-refractivity contribution is 6.05. The largest absolute Gasteiger partial charge is 0.366 e. The fourth-order valence-corrected chi connectivity index (χ4v) is 5.23. The van der Waals surface area contributed by atoms with Gasteiger partial charge in [-0.2, -0.15) is 0 Å². The number of nitrogens with one attached hydrogen (secondary N) is 1. The third-order valence-electron chi connectivity index (χ3n) is 6.54. The van der Waals surface area contributed by atoms with Gasteiger partial charge in [0.25, 0.3) is 5.91 Å². The molecule has 31 heavy (non-hydrogen) atoms. The number of anilines is 1. The number of benzene rings is 2. The zero-order chi connectivity index (χ0) is 22.2. The van der Waals surface area contributed by atoms with Gasteiger partial charge < -0.3 is 16.0 Å². The summed E-state index contributed by atoms with van der Waals surface area (Å²) in [6, 6.07) is 14.1. The quantitative estimate of drug-likeness (QED) is 0.769. The predicted molar refractivity (Wildman–Crippen MR) is 120 cm³/mol. The molecule has 1 spiro atoms. The van der Waals surface area contributed by atoms with Gasteiger partial charge in [-0.15, -0.1) is 0 Å². The lowest BCUT2D eigenvalue weighted by Crippen LogP contribution is -2.60. The van der Waals surface area contributed by atoms with Gasteiger partial charge in [-0.1, -0.05) is 44.9 Å². The molecule has 2 aromatic carbocycles. The highest BCUT2D eigenvalue weighted by Crippen LogP contribution is 2.50. The number of hydrogen-bond donors (Lipinski definition) is 2. The van der Waals surface area contributed by atoms with E-state index < -0.39 is 17.4 Å². The maximum atomic E-state index is 13.7. The molecule has 0 unspecified atom stereocenters. The summed E-state index contributed by atoms with van der Waals surface area (Å²) in [5, 5.41) is 3.03. The summed E-state index contributed by atoms with van der Waals surface area (Å²) < 4.78 is 0. The molecule has 1 aliphatic carbocycles. The van der Waals surface area contributed by atoms with Crippen molar-refractivity contribution >= 4 is 23.4 Å². The van der Waals surface area contributed by atoms with E-state index in [1.807, 2.05) is 29.2 Å². The van der Waals surface area contributed by atoms with Crippen LogP contribution < -0.4 is 11.1 Å². The van der Waals surface area contributed by atoms with Crippen LogP contribution in [0.1, 0.15) is 71.7 Å². The maximum absolute atomic E-state index is 13.7. The Morgan fingerprint density at radius 2 is 1.74 bits per heavy atom. The Morgan fingerprint density at radius 1 is 1.10 bits per heavy atom. The van der Waals surface area contributed by atoms with Crippen LogP contribution in [-0.2, 0) is 4.79 Å². The highest BCUT2D eigenvalue weighted by Gasteiger charge is 2.55. The van der Waals surface area contributed by atoms with Crippen LogP contribution in [0.2, 0.25) is 0 Å². The topological polar surface area (TPSA) is 92.5 Å². The Kier molecular flexibility index (Phi) is 5.56. The van der Waals surface area contributed by atoms with Gasteiger partial charge in [-0.25, -0.2) is 0 Å². The lowest BCUT2D eigenvalue weighted by atomic mass is 9.70. The van der Waals surface area contributed by atoms with Crippen molar-refractivity contribution < 1.29 is 14.4 Å². The molecule has 2 aliphatic rings. The Hall–Kier alpha value is -3.15. The molecule has 2 aromatic rings. The van der Waals surface area contributed by atoms with Crippen LogP contribution in [0, 0.1) is 5.92 Å². The average molecular weight is 420 g/mol. The summed E-state index contributed by atoms with van der Waals surface area (Å²) in [7, 11) is 0. The van der Waals surface area contributed by atoms with Gasteiger partial charge in [0, 0.05) is 23.4 Å². The molecular formula is C25H29N3O3. The Labute approximate surface area is 182 Å². The fraction of sp³-hybridized carbons (Fsp3) is 0.400. The second-order valence-electron chi connectivity index (χ2n) is 9.07. The van der Waals surface area contributed by atoms with Gasteiger partial charge in [0.2, 0.25) is 11.8 Å². The van der Waals surface area contributed by atoms with Crippen LogP contribution in [0.5, 0.6) is 0 Å². The Balaban J connectivity index is 1.75. The first kappa shape index (κ1) is 21.1. The molecule has 1 aliphatic heterocycles. The van der Waals surface area contributed by atoms with Crippen molar-refractivity contribution in [2.45, 2.75) is 51.0 Å². The van der Waals surface area contributed by atoms with E-state index in [-0.39, 0.29) is 11.8 Å². The normalized spacial score (nSPS) is 19.5. The van der Waals surface area contributed by atoms with E-state index in [0.717, 1.165) is 31.2 Å². The van der Waals surface area contributed by atoms with Gasteiger partial charge in [0.15, 0.2) is 0 Å². The first-order chi connectivity index (χ1) is 14.8. The van der Waals surface area contributed by atoms with Crippen molar-refractivity contribution in [3.8, 4) is 0 Å². The molecule has 1 heterocycles. The lowest BCUT2D eigenvalue weighted by molar-refractivity contribution is -0.121. The number of rotatable bonds is 5. The molecular weight excluding hydrogens is 390 g/mol. The monoisotopic (exact) mass is 419 g/mol. The second-order valence-corrected chi connectivity index (χ2v) is 9.07. The zero-order valence-electron chi connectivity index (χ0n) is 18.1. The van der Waals surface area contributed by atoms with Gasteiger partial charge in [0.05, 0.1) is 11.5 Å². The number of carbonyl (C=O) groups is 3. The molecule has 162 valence electrons. The molecule has 6 nitrogen and oxygen atoms in total. The number of nitrogens with zero attached hydrogens (tertiary/aromatic N) is 1. The zero-order valence-corrected chi connectivity index (χ0v) is 18.1. The van der Waals surface area contributed by atoms with Gasteiger partial charge >= 0.3 is 0 Å².